The predicted molar refractivity (Wildman–Crippen MR) is 115 cm³/mol. The molecular weight excluding hydrogens is 421 g/mol. The number of hydrogen-bond donors (Lipinski definition) is 1. The van der Waals surface area contributed by atoms with Crippen molar-refractivity contribution < 1.29 is 13.2 Å². The van der Waals surface area contributed by atoms with Crippen LogP contribution in [-0.4, -0.2) is 72.8 Å². The smallest absolute Gasteiger partial charge is 0.256 e. The van der Waals surface area contributed by atoms with Crippen LogP contribution >= 0.6 is 0 Å². The lowest BCUT2D eigenvalue weighted by atomic mass is 10.0. The largest absolute Gasteiger partial charge is 0.347 e. The van der Waals surface area contributed by atoms with Crippen LogP contribution in [0.15, 0.2) is 30.6 Å². The molecule has 1 saturated heterocycles. The van der Waals surface area contributed by atoms with Gasteiger partial charge in [0.1, 0.15) is 17.5 Å². The minimum atomic E-state index is -2.50. The second kappa shape index (κ2) is 8.05. The number of nitrogens with zero attached hydrogens (tertiary/aromatic N) is 7. The van der Waals surface area contributed by atoms with Gasteiger partial charge in [0.2, 0.25) is 5.95 Å². The monoisotopic (exact) mass is 444 g/mol. The van der Waals surface area contributed by atoms with Gasteiger partial charge in [0.25, 0.3) is 6.43 Å². The van der Waals surface area contributed by atoms with Crippen LogP contribution in [-0.2, 0) is 6.54 Å². The summed E-state index contributed by atoms with van der Waals surface area (Å²) in [7, 11) is 1.90. The van der Waals surface area contributed by atoms with Crippen molar-refractivity contribution in [1.82, 2.24) is 34.0 Å². The van der Waals surface area contributed by atoms with Gasteiger partial charge in [0, 0.05) is 24.8 Å². The molecule has 0 unspecified atom stereocenters. The Balaban J connectivity index is 1.45. The van der Waals surface area contributed by atoms with E-state index in [0.717, 1.165) is 12.1 Å². The number of hydrogen-bond acceptors (Lipinski definition) is 6. The number of anilines is 1. The van der Waals surface area contributed by atoms with E-state index < -0.39 is 19.1 Å². The van der Waals surface area contributed by atoms with E-state index in [1.54, 1.807) is 36.0 Å². The third-order valence-corrected chi connectivity index (χ3v) is 5.86. The molecule has 0 amide bonds. The van der Waals surface area contributed by atoms with Crippen molar-refractivity contribution in [3.8, 4) is 11.3 Å². The summed E-state index contributed by atoms with van der Waals surface area (Å²) in [5.41, 5.74) is 3.06. The molecule has 11 heteroatoms. The van der Waals surface area contributed by atoms with Crippen molar-refractivity contribution in [3.05, 3.63) is 36.4 Å². The highest BCUT2D eigenvalue weighted by Crippen LogP contribution is 2.27. The van der Waals surface area contributed by atoms with Gasteiger partial charge in [-0.1, -0.05) is 0 Å². The lowest BCUT2D eigenvalue weighted by molar-refractivity contribution is 0.127. The molecule has 0 aliphatic carbocycles. The fourth-order valence-corrected chi connectivity index (χ4v) is 4.19. The highest BCUT2D eigenvalue weighted by molar-refractivity contribution is 5.82. The second-order valence-electron chi connectivity index (χ2n) is 8.16. The maximum atomic E-state index is 14.3. The molecular formula is C21H23F3N8. The molecule has 0 bridgehead atoms. The average Bonchev–Trinajstić information content (AvgIpc) is 3.30. The number of halogens is 3. The molecule has 4 aromatic heterocycles. The summed E-state index contributed by atoms with van der Waals surface area (Å²) in [5.74, 6) is 0.844. The van der Waals surface area contributed by atoms with Crippen LogP contribution in [0.2, 0.25) is 0 Å². The number of aromatic nitrogens is 6. The molecule has 0 spiro atoms. The Bertz CT molecular complexity index is 1270. The molecule has 0 aromatic carbocycles. The number of piperidine rings is 1. The van der Waals surface area contributed by atoms with Crippen LogP contribution in [0.25, 0.3) is 27.9 Å². The third kappa shape index (κ3) is 3.77. The Hall–Kier alpha value is -3.21. The van der Waals surface area contributed by atoms with E-state index in [4.69, 9.17) is 0 Å². The van der Waals surface area contributed by atoms with Crippen molar-refractivity contribution in [2.24, 2.45) is 0 Å². The number of pyridine rings is 1. The van der Waals surface area contributed by atoms with Gasteiger partial charge < -0.3 is 14.8 Å². The molecule has 1 aliphatic heterocycles. The second-order valence-corrected chi connectivity index (χ2v) is 8.16. The van der Waals surface area contributed by atoms with Crippen LogP contribution in [0, 0.1) is 6.92 Å². The maximum Gasteiger partial charge on any atom is 0.256 e. The first-order valence-electron chi connectivity index (χ1n) is 10.4. The van der Waals surface area contributed by atoms with Gasteiger partial charge in [-0.25, -0.2) is 32.6 Å². The van der Waals surface area contributed by atoms with E-state index in [2.05, 4.69) is 25.4 Å². The topological polar surface area (TPSA) is 76.2 Å². The first-order valence-corrected chi connectivity index (χ1v) is 10.4. The molecule has 0 radical (unpaired) electrons. The minimum Gasteiger partial charge on any atom is -0.347 e. The highest BCUT2D eigenvalue weighted by atomic mass is 19.3. The maximum absolute atomic E-state index is 14.3. The first kappa shape index (κ1) is 20.7. The summed E-state index contributed by atoms with van der Waals surface area (Å²) in [4.78, 5) is 15.3. The summed E-state index contributed by atoms with van der Waals surface area (Å²) in [6, 6.07) is 5.08. The van der Waals surface area contributed by atoms with E-state index in [0.29, 0.717) is 47.1 Å². The lowest BCUT2D eigenvalue weighted by Crippen LogP contribution is -2.46. The molecule has 4 aromatic rings. The third-order valence-electron chi connectivity index (χ3n) is 5.86. The zero-order valence-electron chi connectivity index (χ0n) is 17.7. The lowest BCUT2D eigenvalue weighted by Gasteiger charge is -2.32. The zero-order valence-corrected chi connectivity index (χ0v) is 17.7. The van der Waals surface area contributed by atoms with Gasteiger partial charge in [-0.15, -0.1) is 5.10 Å². The van der Waals surface area contributed by atoms with Crippen molar-refractivity contribution >= 4 is 22.6 Å². The fraction of sp³-hybridized carbons (Fsp3) is 0.429. The number of fused-ring (bicyclic) bond motifs is 2. The summed E-state index contributed by atoms with van der Waals surface area (Å²) in [6.45, 7) is 2.42. The van der Waals surface area contributed by atoms with Gasteiger partial charge in [-0.2, -0.15) is 0 Å². The fourth-order valence-electron chi connectivity index (χ4n) is 4.19. The van der Waals surface area contributed by atoms with E-state index in [-0.39, 0.29) is 6.04 Å². The van der Waals surface area contributed by atoms with Gasteiger partial charge >= 0.3 is 0 Å². The average molecular weight is 444 g/mol. The van der Waals surface area contributed by atoms with Crippen molar-refractivity contribution in [2.45, 2.75) is 38.5 Å². The SMILES string of the molecule is Cc1nc2ccc(-c3ccn4nc(N[C@@H]5CCN(C)C[C@@H]5F)ncc34)nc2n1CC(F)F. The van der Waals surface area contributed by atoms with E-state index >= 15 is 0 Å². The van der Waals surface area contributed by atoms with Gasteiger partial charge in [-0.05, 0) is 38.6 Å². The number of likely N-dealkylation sites (tertiary alicyclic amines) is 1. The normalized spacial score (nSPS) is 19.9. The molecule has 8 nitrogen and oxygen atoms in total. The van der Waals surface area contributed by atoms with Gasteiger partial charge in [0.15, 0.2) is 5.65 Å². The molecule has 5 rings (SSSR count). The van der Waals surface area contributed by atoms with Crippen LogP contribution < -0.4 is 5.32 Å². The minimum absolute atomic E-state index is 0.332. The number of rotatable bonds is 5. The summed E-state index contributed by atoms with van der Waals surface area (Å²) >= 11 is 0. The highest BCUT2D eigenvalue weighted by Gasteiger charge is 2.28. The Morgan fingerprint density at radius 2 is 2.06 bits per heavy atom. The van der Waals surface area contributed by atoms with Crippen molar-refractivity contribution in [1.29, 1.82) is 0 Å². The number of nitrogens with one attached hydrogen (secondary N) is 1. The van der Waals surface area contributed by atoms with Crippen molar-refractivity contribution in [3.63, 3.8) is 0 Å². The Morgan fingerprint density at radius 1 is 1.22 bits per heavy atom. The Morgan fingerprint density at radius 3 is 2.84 bits per heavy atom. The molecule has 1 aliphatic rings. The number of imidazole rings is 1. The molecule has 1 fully saturated rings. The molecule has 32 heavy (non-hydrogen) atoms. The molecule has 168 valence electrons. The first-order chi connectivity index (χ1) is 15.4. The van der Waals surface area contributed by atoms with Crippen molar-refractivity contribution in [2.75, 3.05) is 25.5 Å². The van der Waals surface area contributed by atoms with Crippen LogP contribution in [0.1, 0.15) is 12.2 Å². The zero-order chi connectivity index (χ0) is 22.4. The van der Waals surface area contributed by atoms with E-state index in [9.17, 15) is 13.2 Å². The number of alkyl halides is 3. The summed E-state index contributed by atoms with van der Waals surface area (Å²) in [5, 5.41) is 7.56. The Kier molecular flexibility index (Phi) is 5.20. The molecule has 1 N–H and O–H groups in total. The Labute approximate surface area is 182 Å². The molecule has 5 heterocycles. The van der Waals surface area contributed by atoms with Crippen LogP contribution in [0.4, 0.5) is 19.1 Å². The van der Waals surface area contributed by atoms with Crippen LogP contribution in [0.5, 0.6) is 0 Å². The number of aryl methyl sites for hydroxylation is 1. The quantitative estimate of drug-likeness (QED) is 0.510. The van der Waals surface area contributed by atoms with Gasteiger partial charge in [-0.3, -0.25) is 0 Å². The summed E-state index contributed by atoms with van der Waals surface area (Å²) < 4.78 is 43.4. The van der Waals surface area contributed by atoms with E-state index in [1.165, 1.54) is 4.57 Å². The molecule has 0 saturated carbocycles. The summed E-state index contributed by atoms with van der Waals surface area (Å²) in [6.07, 6.45) is 0.601. The van der Waals surface area contributed by atoms with Gasteiger partial charge in [0.05, 0.1) is 30.0 Å². The molecule has 2 atom stereocenters. The van der Waals surface area contributed by atoms with Crippen LogP contribution in [0.3, 0.4) is 0 Å². The standard InChI is InChI=1S/C21H23F3N8/c1-12-26-17-4-3-15(27-20(17)31(12)11-19(23)24)13-5-8-32-18(13)9-25-21(29-32)28-16-6-7-30(2)10-14(16)22/h3-5,8-9,14,16,19H,6-7,10-11H2,1-2H3,(H,28,29)/t14-,16+/m0/s1. The predicted octanol–water partition coefficient (Wildman–Crippen LogP) is 3.17. The van der Waals surface area contributed by atoms with E-state index in [1.807, 2.05) is 18.0 Å².